The quantitative estimate of drug-likeness (QED) is 0.744. The molecule has 0 fully saturated rings. The molecule has 0 N–H and O–H groups in total. The highest BCUT2D eigenvalue weighted by Crippen LogP contribution is 2.25. The van der Waals surface area contributed by atoms with Crippen LogP contribution < -0.4 is 4.74 Å². The fourth-order valence-electron chi connectivity index (χ4n) is 0.845. The summed E-state index contributed by atoms with van der Waals surface area (Å²) in [4.78, 5) is 0. The highest BCUT2D eigenvalue weighted by molar-refractivity contribution is 9.10. The number of halogens is 1. The van der Waals surface area contributed by atoms with E-state index in [1.54, 1.807) is 7.11 Å². The molecule has 66 valence electrons. The second-order valence-corrected chi connectivity index (χ2v) is 3.34. The Balaban J connectivity index is 2.72. The second kappa shape index (κ2) is 4.48. The zero-order chi connectivity index (χ0) is 8.97. The topological polar surface area (TPSA) is 18.5 Å². The highest BCUT2D eigenvalue weighted by Gasteiger charge is 1.99. The summed E-state index contributed by atoms with van der Waals surface area (Å²) < 4.78 is 11.0. The molecule has 2 nitrogen and oxygen atoms in total. The van der Waals surface area contributed by atoms with Crippen molar-refractivity contribution in [1.82, 2.24) is 0 Å². The Hall–Kier alpha value is -0.540. The number of rotatable bonds is 3. The van der Waals surface area contributed by atoms with E-state index < -0.39 is 0 Å². The van der Waals surface area contributed by atoms with Crippen molar-refractivity contribution in [3.05, 3.63) is 28.2 Å². The van der Waals surface area contributed by atoms with Crippen molar-refractivity contribution in [2.75, 3.05) is 13.9 Å². The van der Waals surface area contributed by atoms with E-state index in [0.717, 1.165) is 10.2 Å². The third-order valence-corrected chi connectivity index (χ3v) is 2.04. The van der Waals surface area contributed by atoms with Crippen molar-refractivity contribution in [3.8, 4) is 5.75 Å². The first-order valence-corrected chi connectivity index (χ1v) is 4.41. The van der Waals surface area contributed by atoms with Crippen LogP contribution in [0.3, 0.4) is 0 Å². The SMILES string of the molecule is COCOc1ccc(C)cc1Br. The summed E-state index contributed by atoms with van der Waals surface area (Å²) in [5.41, 5.74) is 1.20. The summed E-state index contributed by atoms with van der Waals surface area (Å²) in [5, 5.41) is 0. The van der Waals surface area contributed by atoms with Gasteiger partial charge in [0.15, 0.2) is 6.79 Å². The van der Waals surface area contributed by atoms with E-state index in [2.05, 4.69) is 15.9 Å². The van der Waals surface area contributed by atoms with Crippen molar-refractivity contribution in [3.63, 3.8) is 0 Å². The summed E-state index contributed by atoms with van der Waals surface area (Å²) in [5.74, 6) is 0.808. The predicted molar refractivity (Wildman–Crippen MR) is 51.4 cm³/mol. The van der Waals surface area contributed by atoms with Gasteiger partial charge in [-0.2, -0.15) is 0 Å². The van der Waals surface area contributed by atoms with Gasteiger partial charge in [0.05, 0.1) is 4.47 Å². The molecule has 0 saturated heterocycles. The molecule has 0 bridgehead atoms. The molecule has 0 aliphatic rings. The van der Waals surface area contributed by atoms with Crippen molar-refractivity contribution in [2.45, 2.75) is 6.92 Å². The molecule has 1 aromatic rings. The van der Waals surface area contributed by atoms with E-state index in [1.165, 1.54) is 5.56 Å². The first-order chi connectivity index (χ1) is 5.74. The zero-order valence-corrected chi connectivity index (χ0v) is 8.72. The molecule has 0 saturated carbocycles. The van der Waals surface area contributed by atoms with Crippen LogP contribution in [0.4, 0.5) is 0 Å². The summed E-state index contributed by atoms with van der Waals surface area (Å²) in [7, 11) is 1.60. The Morgan fingerprint density at radius 3 is 2.75 bits per heavy atom. The summed E-state index contributed by atoms with van der Waals surface area (Å²) >= 11 is 3.40. The van der Waals surface area contributed by atoms with E-state index >= 15 is 0 Å². The van der Waals surface area contributed by atoms with Gasteiger partial charge in [0, 0.05) is 7.11 Å². The van der Waals surface area contributed by atoms with Crippen LogP contribution in [0.5, 0.6) is 5.75 Å². The van der Waals surface area contributed by atoms with Crippen LogP contribution in [0, 0.1) is 6.92 Å². The van der Waals surface area contributed by atoms with E-state index in [9.17, 15) is 0 Å². The average Bonchev–Trinajstić information content (AvgIpc) is 2.03. The Morgan fingerprint density at radius 1 is 1.42 bits per heavy atom. The van der Waals surface area contributed by atoms with Gasteiger partial charge in [-0.15, -0.1) is 0 Å². The van der Waals surface area contributed by atoms with Gasteiger partial charge in [0.25, 0.3) is 0 Å². The number of benzene rings is 1. The van der Waals surface area contributed by atoms with Gasteiger partial charge < -0.3 is 9.47 Å². The van der Waals surface area contributed by atoms with Crippen LogP contribution in [0.25, 0.3) is 0 Å². The molecule has 0 atom stereocenters. The molecular formula is C9H11BrO2. The van der Waals surface area contributed by atoms with Crippen LogP contribution in [-0.4, -0.2) is 13.9 Å². The number of methoxy groups -OCH3 is 1. The molecule has 1 aromatic carbocycles. The van der Waals surface area contributed by atoms with Gasteiger partial charge in [-0.3, -0.25) is 0 Å². The molecule has 0 radical (unpaired) electrons. The third-order valence-electron chi connectivity index (χ3n) is 1.42. The molecule has 12 heavy (non-hydrogen) atoms. The van der Waals surface area contributed by atoms with Gasteiger partial charge in [-0.05, 0) is 40.5 Å². The molecule has 0 spiro atoms. The van der Waals surface area contributed by atoms with E-state index in [-0.39, 0.29) is 6.79 Å². The van der Waals surface area contributed by atoms with Crippen LogP contribution in [0.1, 0.15) is 5.56 Å². The van der Waals surface area contributed by atoms with Crippen LogP contribution in [0.15, 0.2) is 22.7 Å². The lowest BCUT2D eigenvalue weighted by molar-refractivity contribution is 0.0506. The molecule has 0 amide bonds. The molecule has 0 heterocycles. The molecule has 0 aliphatic carbocycles. The van der Waals surface area contributed by atoms with Crippen molar-refractivity contribution in [1.29, 1.82) is 0 Å². The standard InChI is InChI=1S/C9H11BrO2/c1-7-3-4-9(8(10)5-7)12-6-11-2/h3-5H,6H2,1-2H3. The minimum atomic E-state index is 0.279. The smallest absolute Gasteiger partial charge is 0.188 e. The lowest BCUT2D eigenvalue weighted by Gasteiger charge is -2.06. The average molecular weight is 231 g/mol. The Morgan fingerprint density at radius 2 is 2.17 bits per heavy atom. The van der Waals surface area contributed by atoms with E-state index in [1.807, 2.05) is 25.1 Å². The molecule has 1 rings (SSSR count). The number of ether oxygens (including phenoxy) is 2. The zero-order valence-electron chi connectivity index (χ0n) is 7.13. The Bertz CT molecular complexity index is 261. The van der Waals surface area contributed by atoms with Crippen LogP contribution in [0.2, 0.25) is 0 Å². The van der Waals surface area contributed by atoms with E-state index in [0.29, 0.717) is 0 Å². The number of hydrogen-bond acceptors (Lipinski definition) is 2. The normalized spacial score (nSPS) is 9.92. The van der Waals surface area contributed by atoms with Crippen molar-refractivity contribution in [2.24, 2.45) is 0 Å². The molecular weight excluding hydrogens is 220 g/mol. The van der Waals surface area contributed by atoms with Gasteiger partial charge in [0.1, 0.15) is 5.75 Å². The molecule has 0 unspecified atom stereocenters. The third kappa shape index (κ3) is 2.50. The maximum atomic E-state index is 5.27. The van der Waals surface area contributed by atoms with Crippen LogP contribution >= 0.6 is 15.9 Å². The highest BCUT2D eigenvalue weighted by atomic mass is 79.9. The number of aryl methyl sites for hydroxylation is 1. The van der Waals surface area contributed by atoms with E-state index in [4.69, 9.17) is 9.47 Å². The first-order valence-electron chi connectivity index (χ1n) is 3.62. The van der Waals surface area contributed by atoms with Gasteiger partial charge >= 0.3 is 0 Å². The predicted octanol–water partition coefficient (Wildman–Crippen LogP) is 2.74. The lowest BCUT2D eigenvalue weighted by atomic mass is 10.2. The fraction of sp³-hybridized carbons (Fsp3) is 0.333. The molecule has 0 aliphatic heterocycles. The lowest BCUT2D eigenvalue weighted by Crippen LogP contribution is -1.99. The Kier molecular flexibility index (Phi) is 3.56. The van der Waals surface area contributed by atoms with Crippen molar-refractivity contribution >= 4 is 15.9 Å². The second-order valence-electron chi connectivity index (χ2n) is 2.48. The minimum absolute atomic E-state index is 0.279. The maximum Gasteiger partial charge on any atom is 0.188 e. The largest absolute Gasteiger partial charge is 0.466 e. The molecule has 3 heteroatoms. The van der Waals surface area contributed by atoms with Crippen molar-refractivity contribution < 1.29 is 9.47 Å². The number of hydrogen-bond donors (Lipinski definition) is 0. The first kappa shape index (κ1) is 9.55. The van der Waals surface area contributed by atoms with Crippen LogP contribution in [-0.2, 0) is 4.74 Å². The minimum Gasteiger partial charge on any atom is -0.466 e. The van der Waals surface area contributed by atoms with Gasteiger partial charge in [0.2, 0.25) is 0 Å². The Labute approximate surface area is 80.6 Å². The van der Waals surface area contributed by atoms with Gasteiger partial charge in [-0.1, -0.05) is 6.07 Å². The maximum absolute atomic E-state index is 5.27. The monoisotopic (exact) mass is 230 g/mol. The summed E-state index contributed by atoms with van der Waals surface area (Å²) in [6, 6.07) is 5.92. The molecule has 0 aromatic heterocycles. The summed E-state index contributed by atoms with van der Waals surface area (Å²) in [6.45, 7) is 2.31. The summed E-state index contributed by atoms with van der Waals surface area (Å²) in [6.07, 6.45) is 0. The van der Waals surface area contributed by atoms with Gasteiger partial charge in [-0.25, -0.2) is 0 Å². The fourth-order valence-corrected chi connectivity index (χ4v) is 1.45.